The Morgan fingerprint density at radius 3 is 1.70 bits per heavy atom. The molecule has 11 nitrogen and oxygen atoms in total. The number of hydrogen-bond acceptors (Lipinski definition) is 7. The van der Waals surface area contributed by atoms with E-state index in [0.717, 1.165) is 9.80 Å². The summed E-state index contributed by atoms with van der Waals surface area (Å²) in [7, 11) is 0. The Hall–Kier alpha value is -2.24. The predicted octanol–water partition coefficient (Wildman–Crippen LogP) is -1.71. The lowest BCUT2D eigenvalue weighted by atomic mass is 10.3. The number of carboxylic acid groups (broad SMARTS) is 4. The third-order valence-electron chi connectivity index (χ3n) is 2.63. The summed E-state index contributed by atoms with van der Waals surface area (Å²) in [5, 5.41) is 35.4. The zero-order valence-electron chi connectivity index (χ0n) is 12.5. The van der Waals surface area contributed by atoms with Crippen molar-refractivity contribution in [1.29, 1.82) is 0 Å². The molecule has 0 bridgehead atoms. The first-order valence-electron chi connectivity index (χ1n) is 6.63. The van der Waals surface area contributed by atoms with Gasteiger partial charge in [-0.1, -0.05) is 0 Å². The Bertz CT molecular complexity index is 424. The van der Waals surface area contributed by atoms with Crippen LogP contribution >= 0.6 is 0 Å². The Kier molecular flexibility index (Phi) is 9.46. The van der Waals surface area contributed by atoms with Crippen LogP contribution in [0.1, 0.15) is 6.92 Å². The molecule has 0 amide bonds. The summed E-state index contributed by atoms with van der Waals surface area (Å²) in [4.78, 5) is 45.4. The van der Waals surface area contributed by atoms with E-state index in [4.69, 9.17) is 25.2 Å². The fraction of sp³-hybridized carbons (Fsp3) is 0.667. The molecule has 0 aliphatic rings. The number of hydrogen-bond donors (Lipinski definition) is 4. The molecule has 0 rings (SSSR count). The van der Waals surface area contributed by atoms with Gasteiger partial charge in [-0.3, -0.25) is 24.2 Å². The van der Waals surface area contributed by atoms with E-state index in [1.54, 1.807) is 0 Å². The molecule has 0 heterocycles. The van der Waals surface area contributed by atoms with E-state index in [0.29, 0.717) is 0 Å². The van der Waals surface area contributed by atoms with Crippen LogP contribution in [0.2, 0.25) is 0 Å². The molecule has 1 unspecified atom stereocenters. The highest BCUT2D eigenvalue weighted by molar-refractivity contribution is 5.74. The van der Waals surface area contributed by atoms with Gasteiger partial charge in [-0.15, -0.1) is 0 Å². The molecule has 0 saturated carbocycles. The predicted molar refractivity (Wildman–Crippen MR) is 74.0 cm³/mol. The molecule has 23 heavy (non-hydrogen) atoms. The van der Waals surface area contributed by atoms with Gasteiger partial charge in [-0.25, -0.2) is 4.79 Å². The van der Waals surface area contributed by atoms with Gasteiger partial charge in [0.1, 0.15) is 0 Å². The highest BCUT2D eigenvalue weighted by atomic mass is 16.5. The number of aliphatic carboxylic acids is 4. The van der Waals surface area contributed by atoms with Crippen LogP contribution in [0.4, 0.5) is 0 Å². The molecule has 0 aromatic rings. The third-order valence-corrected chi connectivity index (χ3v) is 2.63. The van der Waals surface area contributed by atoms with Crippen LogP contribution in [0.5, 0.6) is 0 Å². The molecule has 0 aromatic heterocycles. The van der Waals surface area contributed by atoms with E-state index in [1.807, 2.05) is 0 Å². The van der Waals surface area contributed by atoms with Crippen LogP contribution in [0.15, 0.2) is 0 Å². The lowest BCUT2D eigenvalue weighted by Crippen LogP contribution is -2.49. The normalized spacial score (nSPS) is 12.3. The fourth-order valence-electron chi connectivity index (χ4n) is 1.81. The minimum Gasteiger partial charge on any atom is -0.480 e. The average Bonchev–Trinajstić information content (AvgIpc) is 2.38. The standard InChI is InChI=1S/C12H20N2O9/c1-2-23-11(12(21)22)14(7-10(19)20)4-3-13(5-8(15)16)6-9(17)18/h11H,2-7H2,1H3,(H,15,16)(H,17,18)(H,19,20)(H,21,22). The minimum absolute atomic E-state index is 0.0288. The lowest BCUT2D eigenvalue weighted by molar-refractivity contribution is -0.167. The number of carbonyl (C=O) groups is 4. The van der Waals surface area contributed by atoms with Gasteiger partial charge in [0.05, 0.1) is 19.6 Å². The third kappa shape index (κ3) is 9.39. The second kappa shape index (κ2) is 10.5. The minimum atomic E-state index is -1.52. The van der Waals surface area contributed by atoms with E-state index in [1.165, 1.54) is 6.92 Å². The van der Waals surface area contributed by atoms with Crippen LogP contribution in [-0.2, 0) is 23.9 Å². The van der Waals surface area contributed by atoms with E-state index >= 15 is 0 Å². The van der Waals surface area contributed by atoms with Crippen molar-refractivity contribution in [2.24, 2.45) is 0 Å². The Balaban J connectivity index is 4.96. The Morgan fingerprint density at radius 1 is 0.870 bits per heavy atom. The fourth-order valence-corrected chi connectivity index (χ4v) is 1.81. The van der Waals surface area contributed by atoms with Crippen LogP contribution in [0, 0.1) is 0 Å². The number of rotatable bonds is 13. The van der Waals surface area contributed by atoms with Crippen molar-refractivity contribution in [3.8, 4) is 0 Å². The Labute approximate surface area is 131 Å². The summed E-state index contributed by atoms with van der Waals surface area (Å²) in [5.41, 5.74) is 0. The molecule has 1 atom stereocenters. The van der Waals surface area contributed by atoms with Crippen molar-refractivity contribution < 1.29 is 44.3 Å². The second-order valence-corrected chi connectivity index (χ2v) is 4.51. The molecule has 0 saturated heterocycles. The monoisotopic (exact) mass is 336 g/mol. The highest BCUT2D eigenvalue weighted by Gasteiger charge is 2.28. The highest BCUT2D eigenvalue weighted by Crippen LogP contribution is 2.04. The van der Waals surface area contributed by atoms with E-state index < -0.39 is 49.7 Å². The summed E-state index contributed by atoms with van der Waals surface area (Å²) >= 11 is 0. The summed E-state index contributed by atoms with van der Waals surface area (Å²) < 4.78 is 4.97. The summed E-state index contributed by atoms with van der Waals surface area (Å²) in [6, 6.07) is 0. The molecule has 0 aromatic carbocycles. The summed E-state index contributed by atoms with van der Waals surface area (Å²) in [6.07, 6.45) is -1.52. The van der Waals surface area contributed by atoms with Crippen molar-refractivity contribution in [2.45, 2.75) is 13.2 Å². The van der Waals surface area contributed by atoms with Gasteiger partial charge in [0.2, 0.25) is 6.23 Å². The second-order valence-electron chi connectivity index (χ2n) is 4.51. The van der Waals surface area contributed by atoms with E-state index in [-0.39, 0.29) is 19.7 Å². The molecule has 0 aliphatic carbocycles. The molecular formula is C12H20N2O9. The first-order chi connectivity index (χ1) is 10.7. The molecule has 0 fully saturated rings. The molecular weight excluding hydrogens is 316 g/mol. The van der Waals surface area contributed by atoms with Gasteiger partial charge in [0.15, 0.2) is 0 Å². The van der Waals surface area contributed by atoms with E-state index in [9.17, 15) is 19.2 Å². The zero-order chi connectivity index (χ0) is 18.0. The average molecular weight is 336 g/mol. The molecule has 132 valence electrons. The van der Waals surface area contributed by atoms with E-state index in [2.05, 4.69) is 0 Å². The largest absolute Gasteiger partial charge is 0.480 e. The van der Waals surface area contributed by atoms with Gasteiger partial charge in [0, 0.05) is 19.7 Å². The van der Waals surface area contributed by atoms with Gasteiger partial charge in [0.25, 0.3) is 0 Å². The smallest absolute Gasteiger partial charge is 0.348 e. The molecule has 0 aliphatic heterocycles. The van der Waals surface area contributed by atoms with Crippen LogP contribution in [0.25, 0.3) is 0 Å². The maximum absolute atomic E-state index is 11.2. The van der Waals surface area contributed by atoms with Crippen LogP contribution < -0.4 is 0 Å². The van der Waals surface area contributed by atoms with Gasteiger partial charge < -0.3 is 25.2 Å². The molecule has 0 radical (unpaired) electrons. The lowest BCUT2D eigenvalue weighted by Gasteiger charge is -2.29. The van der Waals surface area contributed by atoms with Gasteiger partial charge >= 0.3 is 23.9 Å². The van der Waals surface area contributed by atoms with Crippen molar-refractivity contribution in [3.05, 3.63) is 0 Å². The van der Waals surface area contributed by atoms with Crippen molar-refractivity contribution in [1.82, 2.24) is 9.80 Å². The topological polar surface area (TPSA) is 165 Å². The zero-order valence-corrected chi connectivity index (χ0v) is 12.5. The first-order valence-corrected chi connectivity index (χ1v) is 6.63. The number of carboxylic acids is 4. The van der Waals surface area contributed by atoms with Crippen molar-refractivity contribution in [2.75, 3.05) is 39.3 Å². The number of ether oxygens (including phenoxy) is 1. The summed E-state index contributed by atoms with van der Waals surface area (Å²) in [5.74, 6) is -5.19. The molecule has 0 spiro atoms. The first kappa shape index (κ1) is 20.8. The van der Waals surface area contributed by atoms with Gasteiger partial charge in [-0.05, 0) is 6.92 Å². The molecule has 11 heteroatoms. The van der Waals surface area contributed by atoms with Crippen molar-refractivity contribution in [3.63, 3.8) is 0 Å². The van der Waals surface area contributed by atoms with Crippen LogP contribution in [0.3, 0.4) is 0 Å². The molecule has 4 N–H and O–H groups in total. The summed E-state index contributed by atoms with van der Waals surface area (Å²) in [6.45, 7) is -0.562. The van der Waals surface area contributed by atoms with Crippen molar-refractivity contribution >= 4 is 23.9 Å². The van der Waals surface area contributed by atoms with Crippen LogP contribution in [-0.4, -0.2) is 99.7 Å². The Morgan fingerprint density at radius 2 is 1.35 bits per heavy atom. The quantitative estimate of drug-likeness (QED) is 0.283. The maximum atomic E-state index is 11.2. The number of nitrogens with zero attached hydrogens (tertiary/aromatic N) is 2. The SMILES string of the molecule is CCOC(C(=O)O)N(CCN(CC(=O)O)CC(=O)O)CC(=O)O. The van der Waals surface area contributed by atoms with Gasteiger partial charge in [-0.2, -0.15) is 0 Å². The maximum Gasteiger partial charge on any atom is 0.348 e.